The minimum Gasteiger partial charge on any atom is -0.374 e. The number of carbonyl (C=O) groups excluding carboxylic acids is 1. The molecule has 0 aliphatic carbocycles. The van der Waals surface area contributed by atoms with E-state index < -0.39 is 0 Å². The third-order valence-corrected chi connectivity index (χ3v) is 4.95. The molecule has 1 aromatic heterocycles. The molecule has 0 spiro atoms. The van der Waals surface area contributed by atoms with Crippen LogP contribution in [-0.2, 0) is 4.74 Å². The largest absolute Gasteiger partial charge is 0.374 e. The van der Waals surface area contributed by atoms with Crippen LogP contribution in [0.1, 0.15) is 31.1 Å². The van der Waals surface area contributed by atoms with Crippen LogP contribution in [0.5, 0.6) is 0 Å². The highest BCUT2D eigenvalue weighted by atomic mass is 35.5. The molecule has 2 nitrogen and oxygen atoms in total. The van der Waals surface area contributed by atoms with E-state index in [9.17, 15) is 4.79 Å². The molecule has 4 atom stereocenters. The highest BCUT2D eigenvalue weighted by Gasteiger charge is 2.42. The maximum absolute atomic E-state index is 12.4. The molecule has 5 heteroatoms. The number of rotatable bonds is 2. The van der Waals surface area contributed by atoms with Crippen molar-refractivity contribution in [2.24, 2.45) is 11.8 Å². The van der Waals surface area contributed by atoms with Crippen LogP contribution >= 0.6 is 34.5 Å². The molecule has 1 saturated heterocycles. The maximum Gasteiger partial charge on any atom is 0.171 e. The number of thiophene rings is 1. The SMILES string of the molecule is CC1OC(C)C(C(=O)c2cc(Cl)sc2Cl)C1C. The van der Waals surface area contributed by atoms with Crippen LogP contribution < -0.4 is 0 Å². The summed E-state index contributed by atoms with van der Waals surface area (Å²) in [6.07, 6.45) is 0.0362. The van der Waals surface area contributed by atoms with E-state index in [1.54, 1.807) is 6.07 Å². The van der Waals surface area contributed by atoms with Crippen LogP contribution in [0.25, 0.3) is 0 Å². The molecule has 0 bridgehead atoms. The molecule has 0 amide bonds. The summed E-state index contributed by atoms with van der Waals surface area (Å²) in [7, 11) is 0. The van der Waals surface area contributed by atoms with Crippen molar-refractivity contribution in [3.63, 3.8) is 0 Å². The second-order valence-corrected chi connectivity index (χ2v) is 6.82. The van der Waals surface area contributed by atoms with Gasteiger partial charge in [-0.15, -0.1) is 11.3 Å². The molecule has 1 aromatic rings. The molecule has 94 valence electrons. The van der Waals surface area contributed by atoms with E-state index in [1.165, 1.54) is 11.3 Å². The average molecular weight is 293 g/mol. The highest BCUT2D eigenvalue weighted by molar-refractivity contribution is 7.20. The van der Waals surface area contributed by atoms with Gasteiger partial charge in [0.05, 0.1) is 22.5 Å². The molecule has 4 unspecified atom stereocenters. The molecule has 1 aliphatic heterocycles. The van der Waals surface area contributed by atoms with Gasteiger partial charge in [-0.3, -0.25) is 4.79 Å². The van der Waals surface area contributed by atoms with E-state index in [2.05, 4.69) is 0 Å². The van der Waals surface area contributed by atoms with E-state index >= 15 is 0 Å². The number of halogens is 2. The highest BCUT2D eigenvalue weighted by Crippen LogP contribution is 2.38. The molecular weight excluding hydrogens is 279 g/mol. The summed E-state index contributed by atoms with van der Waals surface area (Å²) in [5.41, 5.74) is 0.531. The van der Waals surface area contributed by atoms with Gasteiger partial charge in [-0.1, -0.05) is 30.1 Å². The molecule has 2 rings (SSSR count). The fourth-order valence-electron chi connectivity index (χ4n) is 2.41. The lowest BCUT2D eigenvalue weighted by Crippen LogP contribution is -2.26. The van der Waals surface area contributed by atoms with Crippen LogP contribution in [0, 0.1) is 11.8 Å². The minimum atomic E-state index is -0.131. The number of ether oxygens (including phenoxy) is 1. The maximum atomic E-state index is 12.4. The van der Waals surface area contributed by atoms with Crippen LogP contribution in [0.3, 0.4) is 0 Å². The van der Waals surface area contributed by atoms with Gasteiger partial charge in [0, 0.05) is 5.56 Å². The molecular formula is C12H14Cl2O2S. The van der Waals surface area contributed by atoms with E-state index in [4.69, 9.17) is 27.9 Å². The van der Waals surface area contributed by atoms with Crippen molar-refractivity contribution in [1.82, 2.24) is 0 Å². The smallest absolute Gasteiger partial charge is 0.171 e. The van der Waals surface area contributed by atoms with Gasteiger partial charge in [0.1, 0.15) is 4.34 Å². The zero-order chi connectivity index (χ0) is 12.7. The molecule has 0 aromatic carbocycles. The molecule has 0 saturated carbocycles. The first-order chi connectivity index (χ1) is 7.91. The third-order valence-electron chi connectivity index (χ3n) is 3.47. The van der Waals surface area contributed by atoms with Gasteiger partial charge in [0.15, 0.2) is 5.78 Å². The molecule has 0 radical (unpaired) electrons. The van der Waals surface area contributed by atoms with Gasteiger partial charge in [-0.25, -0.2) is 0 Å². The number of Topliss-reactive ketones (excluding diaryl/α,β-unsaturated/α-hetero) is 1. The summed E-state index contributed by atoms with van der Waals surface area (Å²) >= 11 is 13.1. The van der Waals surface area contributed by atoms with Crippen molar-refractivity contribution in [2.75, 3.05) is 0 Å². The van der Waals surface area contributed by atoms with Crippen LogP contribution in [0.4, 0.5) is 0 Å². The fourth-order valence-corrected chi connectivity index (χ4v) is 3.88. The van der Waals surface area contributed by atoms with Crippen molar-refractivity contribution < 1.29 is 9.53 Å². The van der Waals surface area contributed by atoms with Crippen LogP contribution in [0.15, 0.2) is 6.07 Å². The van der Waals surface area contributed by atoms with Crippen molar-refractivity contribution in [2.45, 2.75) is 33.0 Å². The lowest BCUT2D eigenvalue weighted by Gasteiger charge is -2.16. The summed E-state index contributed by atoms with van der Waals surface area (Å²) in [5, 5.41) is 0. The summed E-state index contributed by atoms with van der Waals surface area (Å²) in [4.78, 5) is 12.4. The monoisotopic (exact) mass is 292 g/mol. The first-order valence-electron chi connectivity index (χ1n) is 5.56. The quantitative estimate of drug-likeness (QED) is 0.760. The molecule has 2 heterocycles. The van der Waals surface area contributed by atoms with Gasteiger partial charge in [-0.05, 0) is 25.8 Å². The van der Waals surface area contributed by atoms with E-state index in [0.29, 0.717) is 14.2 Å². The summed E-state index contributed by atoms with van der Waals surface area (Å²) in [6.45, 7) is 5.97. The molecule has 1 fully saturated rings. The summed E-state index contributed by atoms with van der Waals surface area (Å²) in [6, 6.07) is 1.65. The third kappa shape index (κ3) is 2.39. The van der Waals surface area contributed by atoms with Crippen molar-refractivity contribution in [1.29, 1.82) is 0 Å². The summed E-state index contributed by atoms with van der Waals surface area (Å²) < 4.78 is 6.70. The summed E-state index contributed by atoms with van der Waals surface area (Å²) in [5.74, 6) is 0.114. The number of hydrogen-bond donors (Lipinski definition) is 0. The Balaban J connectivity index is 2.29. The zero-order valence-corrected chi connectivity index (χ0v) is 12.2. The van der Waals surface area contributed by atoms with Crippen molar-refractivity contribution in [3.05, 3.63) is 20.3 Å². The van der Waals surface area contributed by atoms with E-state index in [0.717, 1.165) is 0 Å². The second-order valence-electron chi connectivity index (χ2n) is 4.53. The van der Waals surface area contributed by atoms with Gasteiger partial charge in [-0.2, -0.15) is 0 Å². The Morgan fingerprint density at radius 2 is 1.94 bits per heavy atom. The minimum absolute atomic E-state index is 0.0440. The number of ketones is 1. The molecule has 1 aliphatic rings. The predicted molar refractivity (Wildman–Crippen MR) is 71.3 cm³/mol. The first kappa shape index (κ1) is 13.3. The Morgan fingerprint density at radius 1 is 1.29 bits per heavy atom. The molecule has 0 N–H and O–H groups in total. The fraction of sp³-hybridized carbons (Fsp3) is 0.583. The Labute approximate surface area is 115 Å². The standard InChI is InChI=1S/C12H14Cl2O2S/c1-5-6(2)16-7(3)10(5)11(15)8-4-9(13)17-12(8)14/h4-7,10H,1-3H3. The van der Waals surface area contributed by atoms with Gasteiger partial charge >= 0.3 is 0 Å². The Hall–Kier alpha value is -0.0900. The van der Waals surface area contributed by atoms with Crippen LogP contribution in [-0.4, -0.2) is 18.0 Å². The lowest BCUT2D eigenvalue weighted by atomic mass is 9.84. The van der Waals surface area contributed by atoms with E-state index in [1.807, 2.05) is 20.8 Å². The van der Waals surface area contributed by atoms with Gasteiger partial charge in [0.2, 0.25) is 0 Å². The van der Waals surface area contributed by atoms with Gasteiger partial charge < -0.3 is 4.74 Å². The van der Waals surface area contributed by atoms with Gasteiger partial charge in [0.25, 0.3) is 0 Å². The van der Waals surface area contributed by atoms with E-state index in [-0.39, 0.29) is 29.8 Å². The number of carbonyl (C=O) groups is 1. The van der Waals surface area contributed by atoms with Crippen molar-refractivity contribution in [3.8, 4) is 0 Å². The Bertz CT molecular complexity index is 444. The Morgan fingerprint density at radius 3 is 2.35 bits per heavy atom. The first-order valence-corrected chi connectivity index (χ1v) is 7.13. The predicted octanol–water partition coefficient (Wildman–Crippen LogP) is 4.30. The zero-order valence-electron chi connectivity index (χ0n) is 9.87. The molecule has 17 heavy (non-hydrogen) atoms. The topological polar surface area (TPSA) is 26.3 Å². The second kappa shape index (κ2) is 4.88. The van der Waals surface area contributed by atoms with Crippen LogP contribution in [0.2, 0.25) is 8.67 Å². The number of hydrogen-bond acceptors (Lipinski definition) is 3. The van der Waals surface area contributed by atoms with Crippen molar-refractivity contribution >= 4 is 40.3 Å². The lowest BCUT2D eigenvalue weighted by molar-refractivity contribution is 0.0491. The Kier molecular flexibility index (Phi) is 3.83. The normalized spacial score (nSPS) is 33.0. The average Bonchev–Trinajstić information content (AvgIpc) is 2.68.